The highest BCUT2D eigenvalue weighted by Gasteiger charge is 2.14. The number of aryl methyl sites for hydroxylation is 1. The Kier molecular flexibility index (Phi) is 8.28. The van der Waals surface area contributed by atoms with Gasteiger partial charge in [0.2, 0.25) is 0 Å². The minimum Gasteiger partial charge on any atom is -0.456 e. The maximum Gasteiger partial charge on any atom is 0.135 e. The molecule has 184 valence electrons. The van der Waals surface area contributed by atoms with Crippen molar-refractivity contribution in [3.63, 3.8) is 0 Å². The molecule has 0 spiro atoms. The van der Waals surface area contributed by atoms with Crippen LogP contribution in [0.2, 0.25) is 0 Å². The van der Waals surface area contributed by atoms with Gasteiger partial charge in [-0.2, -0.15) is 0 Å². The maximum absolute atomic E-state index is 6.03. The second kappa shape index (κ2) is 11.8. The van der Waals surface area contributed by atoms with Gasteiger partial charge in [-0.15, -0.1) is 0 Å². The molecule has 0 aliphatic heterocycles. The van der Waals surface area contributed by atoms with E-state index in [-0.39, 0.29) is 6.04 Å². The quantitative estimate of drug-likeness (QED) is 0.231. The van der Waals surface area contributed by atoms with Crippen molar-refractivity contribution in [2.45, 2.75) is 53.0 Å². The first-order valence-electron chi connectivity index (χ1n) is 13.1. The summed E-state index contributed by atoms with van der Waals surface area (Å²) in [5, 5.41) is 6.11. The van der Waals surface area contributed by atoms with Crippen molar-refractivity contribution in [3.05, 3.63) is 120 Å². The maximum atomic E-state index is 6.03. The highest BCUT2D eigenvalue weighted by Crippen LogP contribution is 2.31. The first kappa shape index (κ1) is 25.3. The van der Waals surface area contributed by atoms with Crippen molar-refractivity contribution in [1.29, 1.82) is 0 Å². The predicted octanol–water partition coefficient (Wildman–Crippen LogP) is 9.62. The fourth-order valence-corrected chi connectivity index (χ4v) is 4.55. The van der Waals surface area contributed by atoms with Crippen molar-refractivity contribution in [2.24, 2.45) is 0 Å². The van der Waals surface area contributed by atoms with Gasteiger partial charge in [-0.05, 0) is 72.7 Å². The van der Waals surface area contributed by atoms with E-state index in [9.17, 15) is 0 Å². The minimum absolute atomic E-state index is 0.216. The summed E-state index contributed by atoms with van der Waals surface area (Å²) >= 11 is 0. The smallest absolute Gasteiger partial charge is 0.135 e. The van der Waals surface area contributed by atoms with E-state index >= 15 is 0 Å². The number of furan rings is 1. The van der Waals surface area contributed by atoms with E-state index in [4.69, 9.17) is 4.42 Å². The average Bonchev–Trinajstić information content (AvgIpc) is 3.27. The van der Waals surface area contributed by atoms with Crippen molar-refractivity contribution in [1.82, 2.24) is 5.32 Å². The average molecular weight is 476 g/mol. The lowest BCUT2D eigenvalue weighted by Crippen LogP contribution is -2.28. The number of fused-ring (bicyclic) bond motifs is 3. The summed E-state index contributed by atoms with van der Waals surface area (Å²) in [5.74, 6) is 0. The lowest BCUT2D eigenvalue weighted by atomic mass is 9.98. The van der Waals surface area contributed by atoms with Crippen LogP contribution in [0.5, 0.6) is 0 Å². The Morgan fingerprint density at radius 3 is 2.33 bits per heavy atom. The second-order valence-corrected chi connectivity index (χ2v) is 9.29. The molecule has 0 aliphatic carbocycles. The molecule has 2 nitrogen and oxygen atoms in total. The monoisotopic (exact) mass is 475 g/mol. The van der Waals surface area contributed by atoms with Crippen molar-refractivity contribution in [2.75, 3.05) is 0 Å². The molecule has 4 aromatic rings. The van der Waals surface area contributed by atoms with Crippen molar-refractivity contribution in [3.8, 4) is 0 Å². The van der Waals surface area contributed by atoms with E-state index in [0.29, 0.717) is 0 Å². The van der Waals surface area contributed by atoms with Crippen molar-refractivity contribution >= 4 is 33.2 Å². The number of para-hydroxylation sites is 1. The number of rotatable bonds is 10. The van der Waals surface area contributed by atoms with Gasteiger partial charge in [-0.1, -0.05) is 99.7 Å². The molecule has 0 fully saturated rings. The Labute approximate surface area is 215 Å². The summed E-state index contributed by atoms with van der Waals surface area (Å²) in [6.07, 6.45) is 12.0. The number of hydrogen-bond donors (Lipinski definition) is 1. The van der Waals surface area contributed by atoms with E-state index in [1.807, 2.05) is 12.1 Å². The molecule has 4 rings (SSSR count). The third-order valence-corrected chi connectivity index (χ3v) is 6.55. The van der Waals surface area contributed by atoms with E-state index in [0.717, 1.165) is 63.6 Å². The minimum atomic E-state index is 0.216. The first-order chi connectivity index (χ1) is 17.5. The summed E-state index contributed by atoms with van der Waals surface area (Å²) in [7, 11) is 0. The van der Waals surface area contributed by atoms with Crippen molar-refractivity contribution < 1.29 is 4.42 Å². The molecule has 0 bridgehead atoms. The highest BCUT2D eigenvalue weighted by molar-refractivity contribution is 6.06. The molecule has 1 unspecified atom stereocenters. The van der Waals surface area contributed by atoms with Crippen LogP contribution < -0.4 is 5.32 Å². The number of nitrogens with one attached hydrogen (secondary N) is 1. The Morgan fingerprint density at radius 2 is 1.61 bits per heavy atom. The number of benzene rings is 3. The largest absolute Gasteiger partial charge is 0.456 e. The predicted molar refractivity (Wildman–Crippen MR) is 157 cm³/mol. The Hall–Kier alpha value is -3.78. The number of allylic oxidation sites excluding steroid dienone is 4. The zero-order valence-electron chi connectivity index (χ0n) is 22.0. The Bertz CT molecular complexity index is 1430. The molecular formula is C34H37NO. The van der Waals surface area contributed by atoms with Crippen LogP contribution in [-0.4, -0.2) is 6.04 Å². The molecular weight excluding hydrogens is 438 g/mol. The molecule has 1 N–H and O–H groups in total. The second-order valence-electron chi connectivity index (χ2n) is 9.29. The zero-order valence-corrected chi connectivity index (χ0v) is 22.0. The van der Waals surface area contributed by atoms with Gasteiger partial charge in [-0.25, -0.2) is 0 Å². The van der Waals surface area contributed by atoms with Crippen LogP contribution in [0.1, 0.15) is 56.7 Å². The molecule has 36 heavy (non-hydrogen) atoms. The molecule has 0 saturated heterocycles. The molecule has 1 heterocycles. The Morgan fingerprint density at radius 1 is 0.889 bits per heavy atom. The van der Waals surface area contributed by atoms with Crippen LogP contribution in [0, 0.1) is 6.92 Å². The summed E-state index contributed by atoms with van der Waals surface area (Å²) < 4.78 is 6.03. The van der Waals surface area contributed by atoms with Gasteiger partial charge >= 0.3 is 0 Å². The van der Waals surface area contributed by atoms with E-state index in [1.165, 1.54) is 11.1 Å². The molecule has 0 radical (unpaired) electrons. The lowest BCUT2D eigenvalue weighted by molar-refractivity contribution is 0.663. The van der Waals surface area contributed by atoms with Crippen LogP contribution in [-0.2, 0) is 0 Å². The molecule has 1 aromatic heterocycles. The van der Waals surface area contributed by atoms with E-state index in [2.05, 4.69) is 118 Å². The van der Waals surface area contributed by atoms with Crippen LogP contribution in [0.15, 0.2) is 108 Å². The zero-order chi connectivity index (χ0) is 25.5. The van der Waals surface area contributed by atoms with Gasteiger partial charge in [0.05, 0.1) is 6.04 Å². The van der Waals surface area contributed by atoms with Crippen LogP contribution in [0.4, 0.5) is 0 Å². The molecule has 3 aromatic carbocycles. The van der Waals surface area contributed by atoms with Gasteiger partial charge in [0.15, 0.2) is 0 Å². The first-order valence-corrected chi connectivity index (χ1v) is 13.1. The molecule has 0 saturated carbocycles. The van der Waals surface area contributed by atoms with Crippen LogP contribution in [0.25, 0.3) is 33.2 Å². The van der Waals surface area contributed by atoms with Gasteiger partial charge in [0.25, 0.3) is 0 Å². The summed E-state index contributed by atoms with van der Waals surface area (Å²) in [5.41, 5.74) is 8.68. The van der Waals surface area contributed by atoms with Gasteiger partial charge in [0.1, 0.15) is 11.2 Å². The van der Waals surface area contributed by atoms with Gasteiger partial charge in [0, 0.05) is 16.5 Å². The SMILES string of the molecule is C=C(/C=C(\NC(CC)C(/C=C\CC)=C/CC)c1ccc(C)cc1)c1ccc2oc3ccccc3c2c1. The third kappa shape index (κ3) is 5.71. The molecule has 0 amide bonds. The molecule has 0 aliphatic rings. The van der Waals surface area contributed by atoms with Crippen LogP contribution in [0.3, 0.4) is 0 Å². The van der Waals surface area contributed by atoms with Crippen LogP contribution >= 0.6 is 0 Å². The van der Waals surface area contributed by atoms with Gasteiger partial charge < -0.3 is 9.73 Å². The lowest BCUT2D eigenvalue weighted by Gasteiger charge is -2.23. The van der Waals surface area contributed by atoms with E-state index in [1.54, 1.807) is 0 Å². The van der Waals surface area contributed by atoms with E-state index < -0.39 is 0 Å². The molecule has 1 atom stereocenters. The number of hydrogen-bond acceptors (Lipinski definition) is 2. The normalized spacial score (nSPS) is 13.6. The highest BCUT2D eigenvalue weighted by atomic mass is 16.3. The Balaban J connectivity index is 1.74. The summed E-state index contributed by atoms with van der Waals surface area (Å²) in [6, 6.07) is 23.4. The fraction of sp³-hybridized carbons (Fsp3) is 0.235. The summed E-state index contributed by atoms with van der Waals surface area (Å²) in [4.78, 5) is 0. The van der Waals surface area contributed by atoms with Gasteiger partial charge in [-0.3, -0.25) is 0 Å². The summed E-state index contributed by atoms with van der Waals surface area (Å²) in [6.45, 7) is 13.2. The topological polar surface area (TPSA) is 25.2 Å². The fourth-order valence-electron chi connectivity index (χ4n) is 4.55. The standard InChI is InChI=1S/C34H37NO/c1-6-9-13-26(12-7-2)31(8-3)35-32(27-18-16-24(4)17-19-27)22-25(5)28-20-21-34-30(23-28)29-14-10-11-15-33(29)36-34/h9-23,31,35H,5-8H2,1-4H3/b13-9-,26-12+,32-22-. The third-order valence-electron chi connectivity index (χ3n) is 6.55. The molecule has 2 heteroatoms.